The number of unbranched alkanes of at least 4 members (excludes halogenated alkanes) is 1. The second-order valence-electron chi connectivity index (χ2n) is 3.29. The molecule has 1 rings (SSSR count). The van der Waals surface area contributed by atoms with Gasteiger partial charge in [-0.2, -0.15) is 0 Å². The number of carbonyl (C=O) groups excluding carboxylic acids is 2. The van der Waals surface area contributed by atoms with Crippen LogP contribution in [0.25, 0.3) is 0 Å². The topological polar surface area (TPSA) is 46.2 Å². The molecule has 0 aromatic carbocycles. The highest BCUT2D eigenvalue weighted by Crippen LogP contribution is 2.18. The second-order valence-corrected chi connectivity index (χ2v) is 3.29. The van der Waals surface area contributed by atoms with Gasteiger partial charge in [0, 0.05) is 12.3 Å². The number of imide groups is 1. The van der Waals surface area contributed by atoms with Crippen LogP contribution in [0.4, 0.5) is 0 Å². The van der Waals surface area contributed by atoms with E-state index in [-0.39, 0.29) is 17.7 Å². The van der Waals surface area contributed by atoms with Crippen molar-refractivity contribution in [2.75, 3.05) is 0 Å². The Kier molecular flexibility index (Phi) is 3.26. The van der Waals surface area contributed by atoms with Gasteiger partial charge in [0.25, 0.3) is 0 Å². The van der Waals surface area contributed by atoms with Crippen molar-refractivity contribution in [2.24, 2.45) is 5.92 Å². The van der Waals surface area contributed by atoms with Crippen LogP contribution in [0.1, 0.15) is 39.0 Å². The first kappa shape index (κ1) is 9.23. The molecule has 0 radical (unpaired) electrons. The van der Waals surface area contributed by atoms with Gasteiger partial charge in [-0.15, -0.1) is 0 Å². The van der Waals surface area contributed by atoms with Crippen LogP contribution in [0.3, 0.4) is 0 Å². The van der Waals surface area contributed by atoms with E-state index in [0.29, 0.717) is 6.42 Å². The first-order valence-corrected chi connectivity index (χ1v) is 4.57. The largest absolute Gasteiger partial charge is 0.296 e. The third-order valence-electron chi connectivity index (χ3n) is 2.26. The van der Waals surface area contributed by atoms with E-state index in [0.717, 1.165) is 25.7 Å². The zero-order valence-corrected chi connectivity index (χ0v) is 7.43. The molecule has 3 nitrogen and oxygen atoms in total. The molecule has 3 heteroatoms. The monoisotopic (exact) mass is 169 g/mol. The lowest BCUT2D eigenvalue weighted by molar-refractivity contribution is -0.136. The molecule has 1 atom stereocenters. The minimum absolute atomic E-state index is 0.0697. The molecule has 0 aliphatic carbocycles. The molecule has 68 valence electrons. The maximum Gasteiger partial charge on any atom is 0.229 e. The van der Waals surface area contributed by atoms with Crippen molar-refractivity contribution >= 4 is 11.8 Å². The summed E-state index contributed by atoms with van der Waals surface area (Å²) in [4.78, 5) is 21.9. The molecule has 1 unspecified atom stereocenters. The van der Waals surface area contributed by atoms with E-state index in [1.54, 1.807) is 0 Å². The molecule has 1 fully saturated rings. The minimum atomic E-state index is -0.118. The van der Waals surface area contributed by atoms with Crippen molar-refractivity contribution < 1.29 is 9.59 Å². The van der Waals surface area contributed by atoms with E-state index in [2.05, 4.69) is 12.2 Å². The molecule has 1 heterocycles. The van der Waals surface area contributed by atoms with Gasteiger partial charge in [0.15, 0.2) is 0 Å². The first-order valence-electron chi connectivity index (χ1n) is 4.57. The summed E-state index contributed by atoms with van der Waals surface area (Å²) in [5, 5.41) is 2.36. The van der Waals surface area contributed by atoms with E-state index in [4.69, 9.17) is 0 Å². The molecule has 0 aromatic heterocycles. The van der Waals surface area contributed by atoms with Crippen LogP contribution < -0.4 is 5.32 Å². The molecule has 1 aliphatic heterocycles. The number of nitrogens with one attached hydrogen (secondary N) is 1. The van der Waals surface area contributed by atoms with Gasteiger partial charge in [-0.25, -0.2) is 0 Å². The highest BCUT2D eigenvalue weighted by atomic mass is 16.2. The summed E-state index contributed by atoms with van der Waals surface area (Å²) in [5.74, 6) is -0.102. The fourth-order valence-electron chi connectivity index (χ4n) is 1.46. The zero-order chi connectivity index (χ0) is 8.97. The molecular weight excluding hydrogens is 154 g/mol. The van der Waals surface area contributed by atoms with Crippen LogP contribution in [0, 0.1) is 5.92 Å². The predicted octanol–water partition coefficient (Wildman–Crippen LogP) is 1.23. The van der Waals surface area contributed by atoms with Crippen LogP contribution >= 0.6 is 0 Å². The molecular formula is C9H15NO2. The highest BCUT2D eigenvalue weighted by molar-refractivity contribution is 5.98. The molecule has 1 N–H and O–H groups in total. The maximum absolute atomic E-state index is 11.2. The van der Waals surface area contributed by atoms with Crippen LogP contribution in [-0.4, -0.2) is 11.8 Å². The molecule has 0 spiro atoms. The van der Waals surface area contributed by atoms with Crippen molar-refractivity contribution in [1.82, 2.24) is 5.32 Å². The van der Waals surface area contributed by atoms with Gasteiger partial charge >= 0.3 is 0 Å². The Morgan fingerprint density at radius 3 is 2.83 bits per heavy atom. The molecule has 0 saturated carbocycles. The Balaban J connectivity index is 2.35. The van der Waals surface area contributed by atoms with E-state index in [9.17, 15) is 9.59 Å². The molecule has 12 heavy (non-hydrogen) atoms. The van der Waals surface area contributed by atoms with Crippen molar-refractivity contribution in [3.8, 4) is 0 Å². The van der Waals surface area contributed by atoms with E-state index < -0.39 is 0 Å². The van der Waals surface area contributed by atoms with Crippen LogP contribution in [-0.2, 0) is 9.59 Å². The zero-order valence-electron chi connectivity index (χ0n) is 7.43. The molecule has 2 amide bonds. The van der Waals surface area contributed by atoms with E-state index in [1.807, 2.05) is 0 Å². The van der Waals surface area contributed by atoms with Gasteiger partial charge in [-0.3, -0.25) is 14.9 Å². The second kappa shape index (κ2) is 4.24. The molecule has 1 saturated heterocycles. The summed E-state index contributed by atoms with van der Waals surface area (Å²) in [6, 6.07) is 0. The molecule has 0 aromatic rings. The van der Waals surface area contributed by atoms with Crippen molar-refractivity contribution in [3.05, 3.63) is 0 Å². The summed E-state index contributed by atoms with van der Waals surface area (Å²) in [6.45, 7) is 2.10. The molecule has 0 bridgehead atoms. The fourth-order valence-corrected chi connectivity index (χ4v) is 1.46. The number of hydrogen-bond donors (Lipinski definition) is 1. The van der Waals surface area contributed by atoms with Crippen LogP contribution in [0.2, 0.25) is 0 Å². The smallest absolute Gasteiger partial charge is 0.229 e. The van der Waals surface area contributed by atoms with Gasteiger partial charge in [0.05, 0.1) is 0 Å². The normalized spacial score (nSPS) is 23.9. The Bertz CT molecular complexity index is 189. The molecule has 1 aliphatic rings. The van der Waals surface area contributed by atoms with Gasteiger partial charge in [-0.05, 0) is 12.8 Å². The number of piperidine rings is 1. The van der Waals surface area contributed by atoms with Crippen molar-refractivity contribution in [3.63, 3.8) is 0 Å². The standard InChI is InChI=1S/C9H15NO2/c1-2-3-4-7-5-6-8(11)10-9(7)12/h7H,2-6H2,1H3,(H,10,11,12). The summed E-state index contributed by atoms with van der Waals surface area (Å²) in [5.41, 5.74) is 0. The van der Waals surface area contributed by atoms with Gasteiger partial charge in [0.2, 0.25) is 11.8 Å². The third-order valence-corrected chi connectivity index (χ3v) is 2.26. The summed E-state index contributed by atoms with van der Waals surface area (Å²) in [6.07, 6.45) is 4.37. The number of carbonyl (C=O) groups is 2. The maximum atomic E-state index is 11.2. The lowest BCUT2D eigenvalue weighted by Gasteiger charge is -2.20. The Morgan fingerprint density at radius 1 is 1.50 bits per heavy atom. The minimum Gasteiger partial charge on any atom is -0.296 e. The lowest BCUT2D eigenvalue weighted by atomic mass is 9.93. The van der Waals surface area contributed by atoms with E-state index >= 15 is 0 Å². The van der Waals surface area contributed by atoms with Gasteiger partial charge in [0.1, 0.15) is 0 Å². The lowest BCUT2D eigenvalue weighted by Crippen LogP contribution is -2.40. The number of amides is 2. The SMILES string of the molecule is CCCCC1CCC(=O)NC1=O. The fraction of sp³-hybridized carbons (Fsp3) is 0.778. The summed E-state index contributed by atoms with van der Waals surface area (Å²) >= 11 is 0. The third kappa shape index (κ3) is 2.32. The Hall–Kier alpha value is -0.860. The van der Waals surface area contributed by atoms with E-state index in [1.165, 1.54) is 0 Å². The average Bonchev–Trinajstić information content (AvgIpc) is 2.03. The Morgan fingerprint density at radius 2 is 2.25 bits per heavy atom. The van der Waals surface area contributed by atoms with Crippen LogP contribution in [0.5, 0.6) is 0 Å². The Labute approximate surface area is 72.5 Å². The van der Waals surface area contributed by atoms with Crippen LogP contribution in [0.15, 0.2) is 0 Å². The van der Waals surface area contributed by atoms with Gasteiger partial charge < -0.3 is 0 Å². The number of hydrogen-bond acceptors (Lipinski definition) is 2. The number of rotatable bonds is 3. The summed E-state index contributed by atoms with van der Waals surface area (Å²) < 4.78 is 0. The first-order chi connectivity index (χ1) is 5.74. The predicted molar refractivity (Wildman–Crippen MR) is 45.4 cm³/mol. The quantitative estimate of drug-likeness (QED) is 0.646. The van der Waals surface area contributed by atoms with Gasteiger partial charge in [-0.1, -0.05) is 19.8 Å². The van der Waals surface area contributed by atoms with Crippen molar-refractivity contribution in [2.45, 2.75) is 39.0 Å². The average molecular weight is 169 g/mol. The van der Waals surface area contributed by atoms with Crippen molar-refractivity contribution in [1.29, 1.82) is 0 Å². The highest BCUT2D eigenvalue weighted by Gasteiger charge is 2.25. The summed E-state index contributed by atoms with van der Waals surface area (Å²) in [7, 11) is 0.